The second-order valence-corrected chi connectivity index (χ2v) is 4.16. The van der Waals surface area contributed by atoms with Crippen LogP contribution < -0.4 is 10.6 Å². The van der Waals surface area contributed by atoms with Crippen LogP contribution in [0.2, 0.25) is 5.02 Å². The molecular formula is C13H13ClN4O. The van der Waals surface area contributed by atoms with Crippen LogP contribution in [0.3, 0.4) is 0 Å². The van der Waals surface area contributed by atoms with Crippen molar-refractivity contribution < 1.29 is 4.79 Å². The largest absolute Gasteiger partial charge is 0.370 e. The molecule has 2 aromatic rings. The van der Waals surface area contributed by atoms with Crippen molar-refractivity contribution in [3.8, 4) is 0 Å². The highest BCUT2D eigenvalue weighted by molar-refractivity contribution is 6.34. The van der Waals surface area contributed by atoms with E-state index in [1.165, 1.54) is 0 Å². The van der Waals surface area contributed by atoms with Gasteiger partial charge in [-0.1, -0.05) is 11.6 Å². The molecule has 0 aliphatic rings. The molecule has 0 aliphatic carbocycles. The van der Waals surface area contributed by atoms with Crippen LogP contribution >= 0.6 is 11.6 Å². The van der Waals surface area contributed by atoms with Crippen molar-refractivity contribution >= 4 is 29.0 Å². The lowest BCUT2D eigenvalue weighted by atomic mass is 10.3. The van der Waals surface area contributed by atoms with E-state index in [9.17, 15) is 4.79 Å². The fourth-order valence-corrected chi connectivity index (χ4v) is 1.70. The summed E-state index contributed by atoms with van der Waals surface area (Å²) in [5, 5.41) is 6.03. The van der Waals surface area contributed by atoms with Gasteiger partial charge in [-0.15, -0.1) is 0 Å². The number of nitrogens with one attached hydrogen (secondary N) is 2. The molecule has 6 heteroatoms. The topological polar surface area (TPSA) is 66.9 Å². The average molecular weight is 277 g/mol. The molecule has 0 fully saturated rings. The summed E-state index contributed by atoms with van der Waals surface area (Å²) in [7, 11) is 0. The van der Waals surface area contributed by atoms with Crippen LogP contribution in [0.15, 0.2) is 36.7 Å². The highest BCUT2D eigenvalue weighted by Gasteiger charge is 2.13. The second kappa shape index (κ2) is 6.15. The van der Waals surface area contributed by atoms with Crippen molar-refractivity contribution in [2.75, 3.05) is 17.2 Å². The summed E-state index contributed by atoms with van der Waals surface area (Å²) in [5.41, 5.74) is 0.781. The maximum Gasteiger partial charge on any atom is 0.275 e. The van der Waals surface area contributed by atoms with E-state index < -0.39 is 0 Å². The molecular weight excluding hydrogens is 264 g/mol. The number of anilines is 2. The van der Waals surface area contributed by atoms with Crippen LogP contribution in [0.4, 0.5) is 11.5 Å². The molecule has 2 heterocycles. The third kappa shape index (κ3) is 3.42. The summed E-state index contributed by atoms with van der Waals surface area (Å²) in [6.07, 6.45) is 3.19. The number of nitrogens with zero attached hydrogens (tertiary/aromatic N) is 2. The summed E-state index contributed by atoms with van der Waals surface area (Å²) in [4.78, 5) is 20.2. The molecule has 0 saturated carbocycles. The van der Waals surface area contributed by atoms with Gasteiger partial charge in [-0.25, -0.2) is 4.98 Å². The fourth-order valence-electron chi connectivity index (χ4n) is 1.51. The fraction of sp³-hybridized carbons (Fsp3) is 0.154. The summed E-state index contributed by atoms with van der Waals surface area (Å²) >= 11 is 5.99. The predicted octanol–water partition coefficient (Wildman–Crippen LogP) is 2.81. The monoisotopic (exact) mass is 276 g/mol. The third-order valence-electron chi connectivity index (χ3n) is 2.34. The molecule has 0 spiro atoms. The molecule has 2 rings (SSSR count). The lowest BCUT2D eigenvalue weighted by molar-refractivity contribution is 0.102. The minimum atomic E-state index is -0.363. The van der Waals surface area contributed by atoms with Gasteiger partial charge in [0, 0.05) is 12.7 Å². The van der Waals surface area contributed by atoms with Gasteiger partial charge in [0.15, 0.2) is 0 Å². The number of hydrogen-bond acceptors (Lipinski definition) is 4. The number of aromatic nitrogens is 2. The quantitative estimate of drug-likeness (QED) is 0.901. The number of halogens is 1. The van der Waals surface area contributed by atoms with Crippen LogP contribution in [-0.4, -0.2) is 22.4 Å². The Balaban J connectivity index is 2.21. The Morgan fingerprint density at radius 3 is 2.89 bits per heavy atom. The first-order valence-electron chi connectivity index (χ1n) is 5.82. The smallest absolute Gasteiger partial charge is 0.275 e. The van der Waals surface area contributed by atoms with E-state index in [0.29, 0.717) is 16.5 Å². The molecule has 0 aromatic carbocycles. The molecule has 0 saturated heterocycles. The minimum Gasteiger partial charge on any atom is -0.370 e. The third-order valence-corrected chi connectivity index (χ3v) is 2.64. The Bertz CT molecular complexity index is 574. The maximum absolute atomic E-state index is 12.1. The van der Waals surface area contributed by atoms with E-state index >= 15 is 0 Å². The van der Waals surface area contributed by atoms with E-state index in [1.54, 1.807) is 36.7 Å². The van der Waals surface area contributed by atoms with E-state index in [0.717, 1.165) is 6.54 Å². The number of rotatable bonds is 4. The Hall–Kier alpha value is -2.14. The van der Waals surface area contributed by atoms with Crippen molar-refractivity contribution in [1.29, 1.82) is 0 Å². The Morgan fingerprint density at radius 2 is 2.21 bits per heavy atom. The number of carbonyl (C=O) groups excluding carboxylic acids is 1. The number of pyridine rings is 2. The van der Waals surface area contributed by atoms with E-state index in [4.69, 9.17) is 11.6 Å². The first-order valence-corrected chi connectivity index (χ1v) is 6.20. The lowest BCUT2D eigenvalue weighted by Gasteiger charge is -2.08. The van der Waals surface area contributed by atoms with Gasteiger partial charge in [-0.3, -0.25) is 9.78 Å². The first-order chi connectivity index (χ1) is 9.20. The van der Waals surface area contributed by atoms with E-state index in [-0.39, 0.29) is 11.6 Å². The molecule has 2 aromatic heterocycles. The average Bonchev–Trinajstić information content (AvgIpc) is 2.42. The van der Waals surface area contributed by atoms with Gasteiger partial charge in [0.2, 0.25) is 0 Å². The molecule has 98 valence electrons. The van der Waals surface area contributed by atoms with Crippen LogP contribution in [0, 0.1) is 0 Å². The van der Waals surface area contributed by atoms with Gasteiger partial charge in [0.25, 0.3) is 5.91 Å². The number of carbonyl (C=O) groups is 1. The summed E-state index contributed by atoms with van der Waals surface area (Å²) in [6, 6.07) is 6.85. The van der Waals surface area contributed by atoms with Crippen LogP contribution in [0.1, 0.15) is 17.4 Å². The molecule has 19 heavy (non-hydrogen) atoms. The van der Waals surface area contributed by atoms with Gasteiger partial charge in [0.1, 0.15) is 11.5 Å². The van der Waals surface area contributed by atoms with Gasteiger partial charge >= 0.3 is 0 Å². The van der Waals surface area contributed by atoms with Gasteiger partial charge < -0.3 is 10.6 Å². The highest BCUT2D eigenvalue weighted by Crippen LogP contribution is 2.18. The van der Waals surface area contributed by atoms with Crippen molar-refractivity contribution in [1.82, 2.24) is 9.97 Å². The SMILES string of the molecule is CCNc1ccc(Cl)c(C(=O)Nc2cccnc2)n1. The Morgan fingerprint density at radius 1 is 1.37 bits per heavy atom. The van der Waals surface area contributed by atoms with Crippen LogP contribution in [0.5, 0.6) is 0 Å². The summed E-state index contributed by atoms with van der Waals surface area (Å²) in [6.45, 7) is 2.67. The molecule has 0 unspecified atom stereocenters. The van der Waals surface area contributed by atoms with Crippen molar-refractivity contribution in [3.05, 3.63) is 47.4 Å². The summed E-state index contributed by atoms with van der Waals surface area (Å²) < 4.78 is 0. The Kier molecular flexibility index (Phi) is 4.30. The molecule has 2 N–H and O–H groups in total. The van der Waals surface area contributed by atoms with E-state index in [1.807, 2.05) is 6.92 Å². The molecule has 0 aliphatic heterocycles. The van der Waals surface area contributed by atoms with Crippen LogP contribution in [-0.2, 0) is 0 Å². The normalized spacial score (nSPS) is 10.0. The van der Waals surface area contributed by atoms with Gasteiger partial charge in [-0.05, 0) is 31.2 Å². The molecule has 0 radical (unpaired) electrons. The lowest BCUT2D eigenvalue weighted by Crippen LogP contribution is -2.15. The molecule has 1 amide bonds. The zero-order chi connectivity index (χ0) is 13.7. The second-order valence-electron chi connectivity index (χ2n) is 3.75. The van der Waals surface area contributed by atoms with Crippen molar-refractivity contribution in [2.45, 2.75) is 6.92 Å². The standard InChI is InChI=1S/C13H13ClN4O/c1-2-16-11-6-5-10(14)12(18-11)13(19)17-9-4-3-7-15-8-9/h3-8H,2H2,1H3,(H,16,18)(H,17,19). The molecule has 0 bridgehead atoms. The van der Waals surface area contributed by atoms with Crippen molar-refractivity contribution in [2.24, 2.45) is 0 Å². The Labute approximate surface area is 116 Å². The first kappa shape index (κ1) is 13.3. The van der Waals surface area contributed by atoms with Crippen molar-refractivity contribution in [3.63, 3.8) is 0 Å². The highest BCUT2D eigenvalue weighted by atomic mass is 35.5. The van der Waals surface area contributed by atoms with Crippen LogP contribution in [0.25, 0.3) is 0 Å². The maximum atomic E-state index is 12.1. The number of hydrogen-bond donors (Lipinski definition) is 2. The number of amides is 1. The van der Waals surface area contributed by atoms with Gasteiger partial charge in [0.05, 0.1) is 16.9 Å². The zero-order valence-corrected chi connectivity index (χ0v) is 11.1. The minimum absolute atomic E-state index is 0.184. The molecule has 0 atom stereocenters. The molecule has 5 nitrogen and oxygen atoms in total. The van der Waals surface area contributed by atoms with E-state index in [2.05, 4.69) is 20.6 Å². The predicted molar refractivity (Wildman–Crippen MR) is 75.6 cm³/mol. The summed E-state index contributed by atoms with van der Waals surface area (Å²) in [5.74, 6) is 0.251. The van der Waals surface area contributed by atoms with Gasteiger partial charge in [-0.2, -0.15) is 0 Å². The zero-order valence-electron chi connectivity index (χ0n) is 10.4.